The second-order valence-electron chi connectivity index (χ2n) is 7.54. The summed E-state index contributed by atoms with van der Waals surface area (Å²) in [6.07, 6.45) is 0. The highest BCUT2D eigenvalue weighted by Crippen LogP contribution is 2.22. The molecule has 152 valence electrons. The van der Waals surface area contributed by atoms with E-state index < -0.39 is 29.3 Å². The molecule has 0 saturated carbocycles. The molecule has 0 aliphatic rings. The van der Waals surface area contributed by atoms with E-state index in [1.165, 1.54) is 25.1 Å². The number of imide groups is 1. The molecule has 8 nitrogen and oxygen atoms in total. The van der Waals surface area contributed by atoms with E-state index in [1.807, 2.05) is 32.9 Å². The van der Waals surface area contributed by atoms with Gasteiger partial charge >= 0.3 is 5.97 Å². The van der Waals surface area contributed by atoms with Crippen molar-refractivity contribution in [3.63, 3.8) is 0 Å². The van der Waals surface area contributed by atoms with Crippen LogP contribution in [0, 0.1) is 17.0 Å². The zero-order chi connectivity index (χ0) is 21.8. The van der Waals surface area contributed by atoms with E-state index in [9.17, 15) is 24.5 Å². The Morgan fingerprint density at radius 3 is 2.14 bits per heavy atom. The van der Waals surface area contributed by atoms with Gasteiger partial charge in [0.2, 0.25) is 0 Å². The first-order valence-corrected chi connectivity index (χ1v) is 8.86. The van der Waals surface area contributed by atoms with Gasteiger partial charge in [0.1, 0.15) is 0 Å². The number of nitrogens with zero attached hydrogens (tertiary/aromatic N) is 1. The molecule has 0 radical (unpaired) electrons. The Morgan fingerprint density at radius 1 is 1.03 bits per heavy atom. The van der Waals surface area contributed by atoms with Crippen LogP contribution in [-0.4, -0.2) is 29.3 Å². The van der Waals surface area contributed by atoms with E-state index in [-0.39, 0.29) is 16.7 Å². The van der Waals surface area contributed by atoms with Crippen LogP contribution >= 0.6 is 0 Å². The third-order valence-electron chi connectivity index (χ3n) is 4.23. The normalized spacial score (nSPS) is 10.9. The third-order valence-corrected chi connectivity index (χ3v) is 4.23. The Hall–Kier alpha value is -3.55. The third kappa shape index (κ3) is 5.71. The van der Waals surface area contributed by atoms with Gasteiger partial charge in [0.25, 0.3) is 17.5 Å². The maximum Gasteiger partial charge on any atom is 0.338 e. The molecule has 0 spiro atoms. The number of esters is 1. The van der Waals surface area contributed by atoms with Crippen molar-refractivity contribution in [1.82, 2.24) is 5.32 Å². The summed E-state index contributed by atoms with van der Waals surface area (Å²) in [4.78, 5) is 46.3. The molecule has 2 rings (SSSR count). The Kier molecular flexibility index (Phi) is 6.48. The van der Waals surface area contributed by atoms with Crippen LogP contribution in [0.4, 0.5) is 5.69 Å². The van der Waals surface area contributed by atoms with Crippen molar-refractivity contribution in [1.29, 1.82) is 0 Å². The molecule has 0 aromatic heterocycles. The van der Waals surface area contributed by atoms with Crippen LogP contribution in [0.2, 0.25) is 0 Å². The number of carbonyl (C=O) groups excluding carboxylic acids is 3. The minimum atomic E-state index is -0.819. The summed E-state index contributed by atoms with van der Waals surface area (Å²) in [5.41, 5.74) is 1.54. The van der Waals surface area contributed by atoms with Crippen molar-refractivity contribution in [3.05, 3.63) is 74.8 Å². The van der Waals surface area contributed by atoms with Crippen molar-refractivity contribution in [2.24, 2.45) is 0 Å². The molecule has 0 atom stereocenters. The van der Waals surface area contributed by atoms with Crippen molar-refractivity contribution >= 4 is 23.5 Å². The summed E-state index contributed by atoms with van der Waals surface area (Å²) in [7, 11) is 0. The van der Waals surface area contributed by atoms with Gasteiger partial charge in [0.05, 0.1) is 10.5 Å². The molecule has 2 amide bonds. The molecule has 0 unspecified atom stereocenters. The lowest BCUT2D eigenvalue weighted by Crippen LogP contribution is -2.34. The van der Waals surface area contributed by atoms with Crippen LogP contribution in [0.15, 0.2) is 42.5 Å². The second kappa shape index (κ2) is 8.64. The predicted octanol–water partition coefficient (Wildman–Crippen LogP) is 3.31. The molecule has 0 saturated heterocycles. The number of hydrogen-bond acceptors (Lipinski definition) is 6. The fourth-order valence-electron chi connectivity index (χ4n) is 2.56. The van der Waals surface area contributed by atoms with E-state index >= 15 is 0 Å². The fourth-order valence-corrected chi connectivity index (χ4v) is 2.56. The number of rotatable bonds is 5. The minimum Gasteiger partial charge on any atom is -0.452 e. The standard InChI is InChI=1S/C21H22N2O6/c1-13-11-15(7-10-17(13)23(27)28)20(26)29-12-18(24)22-19(25)14-5-8-16(9-6-14)21(2,3)4/h5-11H,12H2,1-4H3,(H,22,24,25). The number of amides is 2. The smallest absolute Gasteiger partial charge is 0.338 e. The van der Waals surface area contributed by atoms with Crippen molar-refractivity contribution in [3.8, 4) is 0 Å². The maximum atomic E-state index is 12.1. The summed E-state index contributed by atoms with van der Waals surface area (Å²) < 4.78 is 4.87. The lowest BCUT2D eigenvalue weighted by atomic mass is 9.87. The zero-order valence-corrected chi connectivity index (χ0v) is 16.6. The molecule has 8 heteroatoms. The van der Waals surface area contributed by atoms with Gasteiger partial charge in [-0.1, -0.05) is 32.9 Å². The number of nitrogens with one attached hydrogen (secondary N) is 1. The summed E-state index contributed by atoms with van der Waals surface area (Å²) in [6, 6.07) is 10.6. The SMILES string of the molecule is Cc1cc(C(=O)OCC(=O)NC(=O)c2ccc(C(C)(C)C)cc2)ccc1[N+](=O)[O-]. The highest BCUT2D eigenvalue weighted by atomic mass is 16.6. The van der Waals surface area contributed by atoms with Gasteiger partial charge in [-0.15, -0.1) is 0 Å². The molecule has 2 aromatic rings. The van der Waals surface area contributed by atoms with Gasteiger partial charge in [-0.05, 0) is 42.2 Å². The van der Waals surface area contributed by atoms with E-state index in [0.29, 0.717) is 11.1 Å². The Morgan fingerprint density at radius 2 is 1.62 bits per heavy atom. The quantitative estimate of drug-likeness (QED) is 0.469. The van der Waals surface area contributed by atoms with Crippen LogP contribution in [0.3, 0.4) is 0 Å². The molecular weight excluding hydrogens is 376 g/mol. The average Bonchev–Trinajstić information content (AvgIpc) is 2.65. The largest absolute Gasteiger partial charge is 0.452 e. The number of aryl methyl sites for hydroxylation is 1. The van der Waals surface area contributed by atoms with Gasteiger partial charge in [-0.25, -0.2) is 4.79 Å². The number of nitro benzene ring substituents is 1. The molecular formula is C21H22N2O6. The summed E-state index contributed by atoms with van der Waals surface area (Å²) in [5, 5.41) is 13.0. The lowest BCUT2D eigenvalue weighted by Gasteiger charge is -2.19. The van der Waals surface area contributed by atoms with E-state index in [0.717, 1.165) is 5.56 Å². The number of nitro groups is 1. The van der Waals surface area contributed by atoms with Gasteiger partial charge in [0.15, 0.2) is 6.61 Å². The Bertz CT molecular complexity index is 958. The first-order valence-electron chi connectivity index (χ1n) is 8.86. The monoisotopic (exact) mass is 398 g/mol. The minimum absolute atomic E-state index is 0.0603. The van der Waals surface area contributed by atoms with E-state index in [1.54, 1.807) is 12.1 Å². The number of carbonyl (C=O) groups is 3. The van der Waals surface area contributed by atoms with Crippen LogP contribution < -0.4 is 5.32 Å². The van der Waals surface area contributed by atoms with Crippen molar-refractivity contribution in [2.75, 3.05) is 6.61 Å². The van der Waals surface area contributed by atoms with Crippen LogP contribution in [0.25, 0.3) is 0 Å². The zero-order valence-electron chi connectivity index (χ0n) is 16.6. The van der Waals surface area contributed by atoms with E-state index in [2.05, 4.69) is 5.32 Å². The number of ether oxygens (including phenoxy) is 1. The van der Waals surface area contributed by atoms with Crippen LogP contribution in [0.1, 0.15) is 52.6 Å². The molecule has 0 fully saturated rings. The number of hydrogen-bond donors (Lipinski definition) is 1. The molecule has 1 N–H and O–H groups in total. The average molecular weight is 398 g/mol. The molecule has 0 heterocycles. The molecule has 2 aromatic carbocycles. The molecule has 0 bridgehead atoms. The van der Waals surface area contributed by atoms with Crippen LogP contribution in [-0.2, 0) is 14.9 Å². The summed E-state index contributed by atoms with van der Waals surface area (Å²) >= 11 is 0. The van der Waals surface area contributed by atoms with Gasteiger partial charge < -0.3 is 4.74 Å². The summed E-state index contributed by atoms with van der Waals surface area (Å²) in [5.74, 6) is -2.19. The van der Waals surface area contributed by atoms with Gasteiger partial charge in [-0.3, -0.25) is 25.0 Å². The maximum absolute atomic E-state index is 12.1. The molecule has 0 aliphatic carbocycles. The lowest BCUT2D eigenvalue weighted by molar-refractivity contribution is -0.385. The van der Waals surface area contributed by atoms with Crippen molar-refractivity contribution in [2.45, 2.75) is 33.1 Å². The molecule has 29 heavy (non-hydrogen) atoms. The Balaban J connectivity index is 1.92. The Labute approximate surface area is 168 Å². The highest BCUT2D eigenvalue weighted by molar-refractivity contribution is 6.05. The van der Waals surface area contributed by atoms with Gasteiger partial charge in [0, 0.05) is 17.2 Å². The fraction of sp³-hybridized carbons (Fsp3) is 0.286. The molecule has 0 aliphatic heterocycles. The topological polar surface area (TPSA) is 116 Å². The predicted molar refractivity (Wildman–Crippen MR) is 106 cm³/mol. The second-order valence-corrected chi connectivity index (χ2v) is 7.54. The van der Waals surface area contributed by atoms with Crippen molar-refractivity contribution < 1.29 is 24.0 Å². The van der Waals surface area contributed by atoms with E-state index in [4.69, 9.17) is 4.74 Å². The first kappa shape index (κ1) is 21.7. The summed E-state index contributed by atoms with van der Waals surface area (Å²) in [6.45, 7) is 6.98. The highest BCUT2D eigenvalue weighted by Gasteiger charge is 2.18. The van der Waals surface area contributed by atoms with Gasteiger partial charge in [-0.2, -0.15) is 0 Å². The number of benzene rings is 2. The first-order chi connectivity index (χ1) is 13.5. The van der Waals surface area contributed by atoms with Crippen LogP contribution in [0.5, 0.6) is 0 Å².